The van der Waals surface area contributed by atoms with Gasteiger partial charge in [-0.2, -0.15) is 0 Å². The average Bonchev–Trinajstić information content (AvgIpc) is 2.50. The lowest BCUT2D eigenvalue weighted by Crippen LogP contribution is -2.13. The van der Waals surface area contributed by atoms with Gasteiger partial charge in [-0.1, -0.05) is 37.3 Å². The molecule has 1 aromatic heterocycles. The van der Waals surface area contributed by atoms with E-state index >= 15 is 0 Å². The Labute approximate surface area is 124 Å². The van der Waals surface area contributed by atoms with Crippen molar-refractivity contribution in [2.75, 3.05) is 10.6 Å². The standard InChI is InChI=1S/C16H20N4O/c1-3-7-16(21)18-15-11-10-14(19-20-15)17-12(2)13-8-5-4-6-9-13/h4-6,8-12H,3,7H2,1-2H3,(H,17,19)(H,18,20,21). The lowest BCUT2D eigenvalue weighted by Gasteiger charge is -2.14. The summed E-state index contributed by atoms with van der Waals surface area (Å²) in [5, 5.41) is 14.1. The smallest absolute Gasteiger partial charge is 0.225 e. The molecule has 110 valence electrons. The number of carbonyl (C=O) groups excluding carboxylic acids is 1. The summed E-state index contributed by atoms with van der Waals surface area (Å²) in [5.74, 6) is 1.12. The first-order valence-electron chi connectivity index (χ1n) is 7.14. The molecular formula is C16H20N4O. The van der Waals surface area contributed by atoms with Crippen molar-refractivity contribution in [1.29, 1.82) is 0 Å². The Balaban J connectivity index is 1.95. The van der Waals surface area contributed by atoms with Gasteiger partial charge in [0.1, 0.15) is 5.82 Å². The van der Waals surface area contributed by atoms with Crippen LogP contribution in [0.15, 0.2) is 42.5 Å². The average molecular weight is 284 g/mol. The maximum absolute atomic E-state index is 11.5. The predicted molar refractivity (Wildman–Crippen MR) is 84.0 cm³/mol. The molecule has 1 heterocycles. The van der Waals surface area contributed by atoms with Crippen molar-refractivity contribution in [3.05, 3.63) is 48.0 Å². The zero-order valence-electron chi connectivity index (χ0n) is 12.3. The molecule has 0 saturated heterocycles. The van der Waals surface area contributed by atoms with Gasteiger partial charge in [0, 0.05) is 12.5 Å². The molecule has 5 heteroatoms. The predicted octanol–water partition coefficient (Wildman–Crippen LogP) is 3.39. The minimum absolute atomic E-state index is 0.0369. The lowest BCUT2D eigenvalue weighted by atomic mass is 10.1. The molecule has 0 spiro atoms. The van der Waals surface area contributed by atoms with Crippen LogP contribution in [0, 0.1) is 0 Å². The summed E-state index contributed by atoms with van der Waals surface area (Å²) in [5.41, 5.74) is 1.18. The molecule has 0 aliphatic carbocycles. The van der Waals surface area contributed by atoms with Crippen LogP contribution in [-0.2, 0) is 4.79 Å². The van der Waals surface area contributed by atoms with Gasteiger partial charge in [0.2, 0.25) is 5.91 Å². The van der Waals surface area contributed by atoms with E-state index in [0.717, 1.165) is 6.42 Å². The largest absolute Gasteiger partial charge is 0.362 e. The summed E-state index contributed by atoms with van der Waals surface area (Å²) >= 11 is 0. The second-order valence-electron chi connectivity index (χ2n) is 4.88. The van der Waals surface area contributed by atoms with Crippen LogP contribution >= 0.6 is 0 Å². The van der Waals surface area contributed by atoms with E-state index in [-0.39, 0.29) is 11.9 Å². The highest BCUT2D eigenvalue weighted by Crippen LogP contribution is 2.17. The van der Waals surface area contributed by atoms with Gasteiger partial charge in [0.15, 0.2) is 5.82 Å². The number of nitrogens with one attached hydrogen (secondary N) is 2. The first-order chi connectivity index (χ1) is 10.2. The Kier molecular flexibility index (Phi) is 5.26. The van der Waals surface area contributed by atoms with Crippen molar-refractivity contribution in [2.45, 2.75) is 32.7 Å². The van der Waals surface area contributed by atoms with E-state index in [1.54, 1.807) is 6.07 Å². The third kappa shape index (κ3) is 4.56. The van der Waals surface area contributed by atoms with Gasteiger partial charge in [0.05, 0.1) is 0 Å². The third-order valence-electron chi connectivity index (χ3n) is 3.07. The van der Waals surface area contributed by atoms with Gasteiger partial charge in [-0.25, -0.2) is 0 Å². The molecule has 1 aromatic carbocycles. The highest BCUT2D eigenvalue weighted by atomic mass is 16.1. The van der Waals surface area contributed by atoms with E-state index in [4.69, 9.17) is 0 Å². The van der Waals surface area contributed by atoms with Gasteiger partial charge in [-0.15, -0.1) is 10.2 Å². The summed E-state index contributed by atoms with van der Waals surface area (Å²) in [7, 11) is 0. The normalized spacial score (nSPS) is 11.7. The first-order valence-corrected chi connectivity index (χ1v) is 7.14. The maximum Gasteiger partial charge on any atom is 0.225 e. The molecule has 5 nitrogen and oxygen atoms in total. The highest BCUT2D eigenvalue weighted by Gasteiger charge is 2.07. The van der Waals surface area contributed by atoms with Gasteiger partial charge in [-0.05, 0) is 31.0 Å². The third-order valence-corrected chi connectivity index (χ3v) is 3.07. The number of anilines is 2. The molecule has 0 aliphatic heterocycles. The molecule has 0 radical (unpaired) electrons. The van der Waals surface area contributed by atoms with Gasteiger partial charge in [-0.3, -0.25) is 4.79 Å². The van der Waals surface area contributed by atoms with Crippen molar-refractivity contribution in [2.24, 2.45) is 0 Å². The minimum atomic E-state index is -0.0369. The van der Waals surface area contributed by atoms with E-state index in [1.165, 1.54) is 5.56 Å². The lowest BCUT2D eigenvalue weighted by molar-refractivity contribution is -0.116. The maximum atomic E-state index is 11.5. The molecule has 0 saturated carbocycles. The molecule has 0 aliphatic rings. The number of hydrogen-bond donors (Lipinski definition) is 2. The number of rotatable bonds is 6. The Morgan fingerprint density at radius 3 is 2.38 bits per heavy atom. The molecule has 21 heavy (non-hydrogen) atoms. The number of aromatic nitrogens is 2. The fraction of sp³-hybridized carbons (Fsp3) is 0.312. The highest BCUT2D eigenvalue weighted by molar-refractivity contribution is 5.89. The molecule has 2 rings (SSSR count). The zero-order chi connectivity index (χ0) is 15.1. The van der Waals surface area contributed by atoms with E-state index < -0.39 is 0 Å². The zero-order valence-corrected chi connectivity index (χ0v) is 12.3. The van der Waals surface area contributed by atoms with Crippen LogP contribution in [0.2, 0.25) is 0 Å². The van der Waals surface area contributed by atoms with Crippen LogP contribution in [0.25, 0.3) is 0 Å². The van der Waals surface area contributed by atoms with Crippen LogP contribution in [0.3, 0.4) is 0 Å². The van der Waals surface area contributed by atoms with Crippen LogP contribution < -0.4 is 10.6 Å². The van der Waals surface area contributed by atoms with Gasteiger partial charge in [0.25, 0.3) is 0 Å². The summed E-state index contributed by atoms with van der Waals surface area (Å²) in [4.78, 5) is 11.5. The summed E-state index contributed by atoms with van der Waals surface area (Å²) in [6, 6.07) is 13.8. The number of benzene rings is 1. The van der Waals surface area contributed by atoms with Crippen molar-refractivity contribution in [3.8, 4) is 0 Å². The number of nitrogens with zero attached hydrogens (tertiary/aromatic N) is 2. The van der Waals surface area contributed by atoms with Crippen molar-refractivity contribution in [3.63, 3.8) is 0 Å². The second kappa shape index (κ2) is 7.38. The molecule has 0 fully saturated rings. The molecule has 1 atom stereocenters. The second-order valence-corrected chi connectivity index (χ2v) is 4.88. The van der Waals surface area contributed by atoms with E-state index in [0.29, 0.717) is 18.1 Å². The summed E-state index contributed by atoms with van der Waals surface area (Å²) in [6.07, 6.45) is 1.31. The Morgan fingerprint density at radius 2 is 1.76 bits per heavy atom. The molecule has 0 bridgehead atoms. The van der Waals surface area contributed by atoms with E-state index in [2.05, 4.69) is 39.9 Å². The van der Waals surface area contributed by atoms with Crippen molar-refractivity contribution < 1.29 is 4.79 Å². The first kappa shape index (κ1) is 15.0. The Bertz CT molecular complexity index is 569. The van der Waals surface area contributed by atoms with E-state index in [1.807, 2.05) is 31.2 Å². The van der Waals surface area contributed by atoms with Crippen LogP contribution in [0.4, 0.5) is 11.6 Å². The molecular weight excluding hydrogens is 264 g/mol. The molecule has 2 aromatic rings. The van der Waals surface area contributed by atoms with Gasteiger partial charge < -0.3 is 10.6 Å². The monoisotopic (exact) mass is 284 g/mol. The number of amides is 1. The summed E-state index contributed by atoms with van der Waals surface area (Å²) in [6.45, 7) is 4.02. The van der Waals surface area contributed by atoms with Crippen molar-refractivity contribution in [1.82, 2.24) is 10.2 Å². The SMILES string of the molecule is CCCC(=O)Nc1ccc(NC(C)c2ccccc2)nn1. The Morgan fingerprint density at radius 1 is 1.10 bits per heavy atom. The van der Waals surface area contributed by atoms with Crippen LogP contribution in [0.1, 0.15) is 38.3 Å². The number of carbonyl (C=O) groups is 1. The quantitative estimate of drug-likeness (QED) is 0.853. The van der Waals surface area contributed by atoms with Crippen LogP contribution in [-0.4, -0.2) is 16.1 Å². The summed E-state index contributed by atoms with van der Waals surface area (Å²) < 4.78 is 0. The molecule has 1 amide bonds. The molecule has 1 unspecified atom stereocenters. The topological polar surface area (TPSA) is 66.9 Å². The number of hydrogen-bond acceptors (Lipinski definition) is 4. The van der Waals surface area contributed by atoms with Gasteiger partial charge >= 0.3 is 0 Å². The van der Waals surface area contributed by atoms with Crippen LogP contribution in [0.5, 0.6) is 0 Å². The molecule has 2 N–H and O–H groups in total. The fourth-order valence-electron chi connectivity index (χ4n) is 1.96. The van der Waals surface area contributed by atoms with Crippen molar-refractivity contribution >= 4 is 17.5 Å². The minimum Gasteiger partial charge on any atom is -0.362 e. The fourth-order valence-corrected chi connectivity index (χ4v) is 1.96. The Hall–Kier alpha value is -2.43. The van der Waals surface area contributed by atoms with E-state index in [9.17, 15) is 4.79 Å².